The third kappa shape index (κ3) is 3.10. The quantitative estimate of drug-likeness (QED) is 0.866. The normalized spacial score (nSPS) is 10.2. The third-order valence-corrected chi connectivity index (χ3v) is 2.15. The molecule has 1 amide bonds. The van der Waals surface area contributed by atoms with Crippen molar-refractivity contribution in [3.05, 3.63) is 41.8 Å². The fourth-order valence-electron chi connectivity index (χ4n) is 1.38. The molecule has 1 aromatic carbocycles. The van der Waals surface area contributed by atoms with Crippen LogP contribution >= 0.6 is 0 Å². The van der Waals surface area contributed by atoms with E-state index in [0.717, 1.165) is 5.56 Å². The maximum Gasteiger partial charge on any atom is 0.230 e. The van der Waals surface area contributed by atoms with Gasteiger partial charge in [-0.2, -0.15) is 9.90 Å². The molecule has 0 aliphatic heterocycles. The molecule has 0 aliphatic rings. The second-order valence-corrected chi connectivity index (χ2v) is 3.57. The largest absolute Gasteiger partial charge is 0.308 e. The Morgan fingerprint density at radius 1 is 1.41 bits per heavy atom. The second kappa shape index (κ2) is 4.73. The van der Waals surface area contributed by atoms with E-state index in [1.54, 1.807) is 19.2 Å². The number of hydrogen-bond acceptors (Lipinski definition) is 3. The molecule has 1 heterocycles. The minimum Gasteiger partial charge on any atom is -0.308 e. The zero-order valence-electron chi connectivity index (χ0n) is 9.22. The first-order chi connectivity index (χ1) is 8.13. The van der Waals surface area contributed by atoms with Crippen molar-refractivity contribution < 1.29 is 9.18 Å². The zero-order chi connectivity index (χ0) is 12.3. The summed E-state index contributed by atoms with van der Waals surface area (Å²) in [6.07, 6.45) is 1.64. The van der Waals surface area contributed by atoms with Gasteiger partial charge in [0.15, 0.2) is 5.82 Å². The van der Waals surface area contributed by atoms with Gasteiger partial charge in [0.05, 0.1) is 12.6 Å². The highest BCUT2D eigenvalue weighted by Gasteiger charge is 2.06. The average molecular weight is 234 g/mol. The summed E-state index contributed by atoms with van der Waals surface area (Å²) >= 11 is 0. The predicted molar refractivity (Wildman–Crippen MR) is 59.7 cm³/mol. The molecule has 0 spiro atoms. The molecule has 88 valence electrons. The fraction of sp³-hybridized carbons (Fsp3) is 0.182. The highest BCUT2D eigenvalue weighted by molar-refractivity contribution is 5.91. The minimum absolute atomic E-state index is 0.177. The Balaban J connectivity index is 1.95. The molecule has 0 radical (unpaired) electrons. The third-order valence-electron chi connectivity index (χ3n) is 2.15. The first-order valence-corrected chi connectivity index (χ1v) is 5.04. The van der Waals surface area contributed by atoms with Gasteiger partial charge < -0.3 is 5.32 Å². The van der Waals surface area contributed by atoms with Crippen LogP contribution in [-0.4, -0.2) is 20.9 Å². The minimum atomic E-state index is -0.317. The number of nitrogens with one attached hydrogen (secondary N) is 1. The number of carbonyl (C=O) groups is 1. The maximum absolute atomic E-state index is 12.7. The van der Waals surface area contributed by atoms with Gasteiger partial charge in [0.1, 0.15) is 5.82 Å². The lowest BCUT2D eigenvalue weighted by Gasteiger charge is -2.01. The Hall–Kier alpha value is -2.24. The van der Waals surface area contributed by atoms with Crippen LogP contribution in [0.1, 0.15) is 5.56 Å². The Morgan fingerprint density at radius 2 is 2.12 bits per heavy atom. The van der Waals surface area contributed by atoms with E-state index in [2.05, 4.69) is 15.5 Å². The number of aryl methyl sites for hydroxylation is 1. The molecule has 0 unspecified atom stereocenters. The van der Waals surface area contributed by atoms with E-state index in [9.17, 15) is 9.18 Å². The van der Waals surface area contributed by atoms with Crippen LogP contribution < -0.4 is 5.32 Å². The molecule has 0 bridgehead atoms. The van der Waals surface area contributed by atoms with Crippen molar-refractivity contribution in [2.75, 3.05) is 5.32 Å². The van der Waals surface area contributed by atoms with Crippen LogP contribution in [0.25, 0.3) is 0 Å². The lowest BCUT2D eigenvalue weighted by atomic mass is 10.1. The molecule has 0 saturated carbocycles. The van der Waals surface area contributed by atoms with Gasteiger partial charge in [-0.15, -0.1) is 5.10 Å². The lowest BCUT2D eigenvalue weighted by Crippen LogP contribution is -2.14. The van der Waals surface area contributed by atoms with Crippen molar-refractivity contribution in [3.8, 4) is 0 Å². The van der Waals surface area contributed by atoms with Crippen molar-refractivity contribution in [2.24, 2.45) is 7.05 Å². The molecule has 6 heteroatoms. The summed E-state index contributed by atoms with van der Waals surface area (Å²) in [7, 11) is 1.66. The Labute approximate surface area is 97.3 Å². The van der Waals surface area contributed by atoms with Crippen LogP contribution in [0, 0.1) is 5.82 Å². The highest BCUT2D eigenvalue weighted by Crippen LogP contribution is 2.05. The number of carbonyl (C=O) groups excluding carboxylic acids is 1. The van der Waals surface area contributed by atoms with Crippen molar-refractivity contribution in [2.45, 2.75) is 6.42 Å². The number of rotatable bonds is 3. The first-order valence-electron chi connectivity index (χ1n) is 5.04. The number of halogens is 1. The van der Waals surface area contributed by atoms with Gasteiger partial charge in [0, 0.05) is 7.05 Å². The van der Waals surface area contributed by atoms with Gasteiger partial charge in [0.2, 0.25) is 5.91 Å². The highest BCUT2D eigenvalue weighted by atomic mass is 19.1. The van der Waals surface area contributed by atoms with Crippen molar-refractivity contribution in [1.82, 2.24) is 15.0 Å². The monoisotopic (exact) mass is 234 g/mol. The molecule has 5 nitrogen and oxygen atoms in total. The van der Waals surface area contributed by atoms with E-state index in [0.29, 0.717) is 5.82 Å². The van der Waals surface area contributed by atoms with Crippen LogP contribution in [0.5, 0.6) is 0 Å². The van der Waals surface area contributed by atoms with Crippen molar-refractivity contribution >= 4 is 11.7 Å². The van der Waals surface area contributed by atoms with Gasteiger partial charge in [-0.3, -0.25) is 4.79 Å². The molecule has 0 saturated heterocycles. The molecule has 1 N–H and O–H groups in total. The zero-order valence-corrected chi connectivity index (χ0v) is 9.22. The molecule has 2 rings (SSSR count). The van der Waals surface area contributed by atoms with Gasteiger partial charge in [0.25, 0.3) is 0 Å². The number of nitrogens with zero attached hydrogens (tertiary/aromatic N) is 3. The van der Waals surface area contributed by atoms with Crippen LogP contribution in [0.4, 0.5) is 10.2 Å². The number of benzene rings is 1. The topological polar surface area (TPSA) is 59.8 Å². The van der Waals surface area contributed by atoms with Crippen molar-refractivity contribution in [3.63, 3.8) is 0 Å². The summed E-state index contributed by atoms with van der Waals surface area (Å²) in [6, 6.07) is 5.80. The number of anilines is 1. The first kappa shape index (κ1) is 11.3. The summed E-state index contributed by atoms with van der Waals surface area (Å²) in [6.45, 7) is 0. The smallest absolute Gasteiger partial charge is 0.230 e. The van der Waals surface area contributed by atoms with E-state index in [4.69, 9.17) is 0 Å². The molecule has 17 heavy (non-hydrogen) atoms. The number of aromatic nitrogens is 3. The standard InChI is InChI=1S/C11H11FN4O/c1-16-13-7-10(15-16)14-11(17)6-8-2-4-9(12)5-3-8/h2-5,7H,6H2,1H3,(H,14,15,17). The van der Waals surface area contributed by atoms with Crippen LogP contribution in [-0.2, 0) is 18.3 Å². The fourth-order valence-corrected chi connectivity index (χ4v) is 1.38. The van der Waals surface area contributed by atoms with E-state index in [-0.39, 0.29) is 18.1 Å². The number of hydrogen-bond donors (Lipinski definition) is 1. The summed E-state index contributed by atoms with van der Waals surface area (Å²) in [5.41, 5.74) is 0.743. The summed E-state index contributed by atoms with van der Waals surface area (Å²) in [5.74, 6) is -0.125. The van der Waals surface area contributed by atoms with Crippen LogP contribution in [0.3, 0.4) is 0 Å². The van der Waals surface area contributed by atoms with Crippen molar-refractivity contribution in [1.29, 1.82) is 0 Å². The van der Waals surface area contributed by atoms with Gasteiger partial charge in [-0.1, -0.05) is 12.1 Å². The summed E-state index contributed by atoms with van der Waals surface area (Å²) < 4.78 is 12.7. The lowest BCUT2D eigenvalue weighted by molar-refractivity contribution is -0.115. The predicted octanol–water partition coefficient (Wildman–Crippen LogP) is 1.14. The molecule has 0 fully saturated rings. The van der Waals surface area contributed by atoms with Gasteiger partial charge in [-0.05, 0) is 17.7 Å². The van der Waals surface area contributed by atoms with Crippen LogP contribution in [0.2, 0.25) is 0 Å². The second-order valence-electron chi connectivity index (χ2n) is 3.57. The number of amides is 1. The van der Waals surface area contributed by atoms with E-state index in [1.165, 1.54) is 23.1 Å². The molecule has 1 aromatic heterocycles. The van der Waals surface area contributed by atoms with E-state index in [1.807, 2.05) is 0 Å². The maximum atomic E-state index is 12.7. The SMILES string of the molecule is Cn1ncc(NC(=O)Cc2ccc(F)cc2)n1. The Bertz CT molecular complexity index is 521. The molecule has 0 aliphatic carbocycles. The van der Waals surface area contributed by atoms with Gasteiger partial charge in [-0.25, -0.2) is 4.39 Å². The summed E-state index contributed by atoms with van der Waals surface area (Å²) in [4.78, 5) is 12.9. The molecular weight excluding hydrogens is 223 g/mol. The van der Waals surface area contributed by atoms with E-state index < -0.39 is 0 Å². The Morgan fingerprint density at radius 3 is 2.71 bits per heavy atom. The van der Waals surface area contributed by atoms with Gasteiger partial charge >= 0.3 is 0 Å². The molecular formula is C11H11FN4O. The molecule has 0 atom stereocenters. The van der Waals surface area contributed by atoms with E-state index >= 15 is 0 Å². The Kier molecular flexibility index (Phi) is 3.13. The molecule has 2 aromatic rings. The average Bonchev–Trinajstić information content (AvgIpc) is 2.67. The summed E-state index contributed by atoms with van der Waals surface area (Å²) in [5, 5.41) is 10.3. The van der Waals surface area contributed by atoms with Crippen LogP contribution in [0.15, 0.2) is 30.5 Å².